The van der Waals surface area contributed by atoms with Gasteiger partial charge >= 0.3 is 0 Å². The number of sulfonamides is 1. The van der Waals surface area contributed by atoms with Crippen molar-refractivity contribution < 1.29 is 13.2 Å². The van der Waals surface area contributed by atoms with Crippen LogP contribution in [0, 0.1) is 17.2 Å². The van der Waals surface area contributed by atoms with E-state index < -0.39 is 21.6 Å². The van der Waals surface area contributed by atoms with Gasteiger partial charge in [0.05, 0.1) is 16.5 Å². The Kier molecular flexibility index (Phi) is 6.78. The lowest BCUT2D eigenvalue weighted by Gasteiger charge is -2.31. The highest BCUT2D eigenvalue weighted by Gasteiger charge is 2.54. The largest absolute Gasteiger partial charge is 0.338 e. The van der Waals surface area contributed by atoms with Gasteiger partial charge in [-0.15, -0.1) is 0 Å². The molecular formula is C25H31N5O3S. The van der Waals surface area contributed by atoms with Crippen molar-refractivity contribution in [3.8, 4) is 17.2 Å². The van der Waals surface area contributed by atoms with Crippen LogP contribution in [-0.2, 0) is 21.2 Å². The first-order valence-corrected chi connectivity index (χ1v) is 12.9. The van der Waals surface area contributed by atoms with Gasteiger partial charge < -0.3 is 16.0 Å². The molecule has 2 fully saturated rings. The Hall–Kier alpha value is -2.77. The second kappa shape index (κ2) is 9.47. The third kappa shape index (κ3) is 5.00. The number of nitrogens with two attached hydrogens (primary N) is 1. The molecule has 2 aromatic carbocycles. The number of hydrogen-bond acceptors (Lipinski definition) is 6. The van der Waals surface area contributed by atoms with Gasteiger partial charge in [0.25, 0.3) is 0 Å². The fourth-order valence-corrected chi connectivity index (χ4v) is 5.67. The van der Waals surface area contributed by atoms with Crippen molar-refractivity contribution in [3.05, 3.63) is 54.1 Å². The van der Waals surface area contributed by atoms with E-state index in [4.69, 9.17) is 5.73 Å². The molecule has 0 spiro atoms. The Morgan fingerprint density at radius 2 is 1.65 bits per heavy atom. The van der Waals surface area contributed by atoms with Crippen LogP contribution >= 0.6 is 0 Å². The molecule has 9 heteroatoms. The highest BCUT2D eigenvalue weighted by atomic mass is 32.2. The number of piperazine rings is 1. The van der Waals surface area contributed by atoms with E-state index in [9.17, 15) is 18.5 Å². The Morgan fingerprint density at radius 1 is 1.12 bits per heavy atom. The number of nitriles is 1. The van der Waals surface area contributed by atoms with Crippen molar-refractivity contribution in [1.29, 1.82) is 5.26 Å². The lowest BCUT2D eigenvalue weighted by atomic mass is 10.0. The Labute approximate surface area is 201 Å². The summed E-state index contributed by atoms with van der Waals surface area (Å²) in [6.45, 7) is 4.38. The first-order valence-electron chi connectivity index (χ1n) is 11.5. The molecule has 3 atom stereocenters. The van der Waals surface area contributed by atoms with Crippen LogP contribution in [-0.4, -0.2) is 68.3 Å². The van der Waals surface area contributed by atoms with E-state index in [2.05, 4.69) is 16.3 Å². The third-order valence-corrected chi connectivity index (χ3v) is 8.84. The summed E-state index contributed by atoms with van der Waals surface area (Å²) in [6, 6.07) is 16.1. The van der Waals surface area contributed by atoms with Gasteiger partial charge in [0.2, 0.25) is 15.9 Å². The summed E-state index contributed by atoms with van der Waals surface area (Å²) in [5, 5.41) is 12.2. The number of hydrogen-bond donors (Lipinski definition) is 2. The number of carbonyl (C=O) groups is 1. The van der Waals surface area contributed by atoms with Crippen molar-refractivity contribution in [2.75, 3.05) is 33.2 Å². The summed E-state index contributed by atoms with van der Waals surface area (Å²) in [5.41, 5.74) is 7.95. The fraction of sp³-hybridized carbons (Fsp3) is 0.440. The van der Waals surface area contributed by atoms with E-state index in [1.807, 2.05) is 50.4 Å². The smallest absolute Gasteiger partial charge is 0.243 e. The van der Waals surface area contributed by atoms with Gasteiger partial charge in [-0.3, -0.25) is 4.79 Å². The highest BCUT2D eigenvalue weighted by Crippen LogP contribution is 2.40. The van der Waals surface area contributed by atoms with Crippen LogP contribution in [0.2, 0.25) is 0 Å². The summed E-state index contributed by atoms with van der Waals surface area (Å²) in [6.07, 6.45) is 1.02. The van der Waals surface area contributed by atoms with Gasteiger partial charge in [0.15, 0.2) is 0 Å². The summed E-state index contributed by atoms with van der Waals surface area (Å²) < 4.78 is 27.4. The van der Waals surface area contributed by atoms with E-state index in [-0.39, 0.29) is 11.8 Å². The minimum atomic E-state index is -3.49. The lowest BCUT2D eigenvalue weighted by molar-refractivity contribution is -0.123. The minimum Gasteiger partial charge on any atom is -0.338 e. The molecule has 1 amide bonds. The predicted octanol–water partition coefficient (Wildman–Crippen LogP) is 1.58. The molecule has 1 saturated carbocycles. The minimum absolute atomic E-state index is 0.133. The molecule has 3 unspecified atom stereocenters. The molecule has 180 valence electrons. The first kappa shape index (κ1) is 24.4. The molecule has 1 aliphatic carbocycles. The number of likely N-dealkylation sites (N-methyl/N-ethyl adjacent to an activating group) is 1. The van der Waals surface area contributed by atoms with Crippen LogP contribution in [0.5, 0.6) is 0 Å². The molecule has 0 radical (unpaired) electrons. The zero-order valence-electron chi connectivity index (χ0n) is 19.6. The molecule has 1 heterocycles. The second-order valence-electron chi connectivity index (χ2n) is 9.43. The molecule has 1 aliphatic heterocycles. The van der Waals surface area contributed by atoms with Crippen LogP contribution in [0.25, 0.3) is 11.1 Å². The zero-order valence-corrected chi connectivity index (χ0v) is 20.4. The number of nitrogens with zero attached hydrogens (tertiary/aromatic N) is 3. The van der Waals surface area contributed by atoms with Crippen molar-refractivity contribution in [2.45, 2.75) is 36.2 Å². The molecule has 34 heavy (non-hydrogen) atoms. The second-order valence-corrected chi connectivity index (χ2v) is 11.4. The number of nitrogens with one attached hydrogen (secondary N) is 1. The zero-order chi connectivity index (χ0) is 24.5. The van der Waals surface area contributed by atoms with Gasteiger partial charge in [-0.2, -0.15) is 9.57 Å². The van der Waals surface area contributed by atoms with Gasteiger partial charge in [0, 0.05) is 32.6 Å². The van der Waals surface area contributed by atoms with Crippen molar-refractivity contribution >= 4 is 15.9 Å². The average Bonchev–Trinajstić information content (AvgIpc) is 3.47. The molecule has 0 aromatic heterocycles. The molecule has 8 nitrogen and oxygen atoms in total. The van der Waals surface area contributed by atoms with Crippen LogP contribution in [0.3, 0.4) is 0 Å². The molecule has 3 N–H and O–H groups in total. The maximum Gasteiger partial charge on any atom is 0.243 e. The van der Waals surface area contributed by atoms with E-state index in [1.165, 1.54) is 4.31 Å². The van der Waals surface area contributed by atoms with Crippen molar-refractivity contribution in [1.82, 2.24) is 14.5 Å². The molecule has 4 rings (SSSR count). The van der Waals surface area contributed by atoms with Crippen LogP contribution < -0.4 is 11.1 Å². The lowest BCUT2D eigenvalue weighted by Crippen LogP contribution is -2.48. The van der Waals surface area contributed by atoms with Crippen molar-refractivity contribution in [3.63, 3.8) is 0 Å². The fourth-order valence-electron chi connectivity index (χ4n) is 4.25. The van der Waals surface area contributed by atoms with Crippen LogP contribution in [0.15, 0.2) is 53.4 Å². The Balaban J connectivity index is 1.40. The Bertz CT molecular complexity index is 1180. The Morgan fingerprint density at radius 3 is 2.15 bits per heavy atom. The maximum absolute atomic E-state index is 12.9. The monoisotopic (exact) mass is 481 g/mol. The van der Waals surface area contributed by atoms with Gasteiger partial charge in [0.1, 0.15) is 6.04 Å². The van der Waals surface area contributed by atoms with Crippen LogP contribution in [0.4, 0.5) is 0 Å². The summed E-state index contributed by atoms with van der Waals surface area (Å²) >= 11 is 0. The number of amides is 1. The number of benzene rings is 2. The normalized spacial score (nSPS) is 24.2. The molecule has 0 bridgehead atoms. The van der Waals surface area contributed by atoms with E-state index in [0.717, 1.165) is 29.8 Å². The summed E-state index contributed by atoms with van der Waals surface area (Å²) in [7, 11) is -1.50. The first-order chi connectivity index (χ1) is 16.1. The predicted molar refractivity (Wildman–Crippen MR) is 130 cm³/mol. The topological polar surface area (TPSA) is 120 Å². The average molecular weight is 482 g/mol. The van der Waals surface area contributed by atoms with Gasteiger partial charge in [-0.05, 0) is 48.2 Å². The summed E-state index contributed by atoms with van der Waals surface area (Å²) in [4.78, 5) is 14.7. The standard InChI is InChI=1S/C25H31N5O3S/c1-18-16-25(18,27)24(31)28-22(17-26)15-19-3-5-20(6-4-19)21-7-9-23(10-8-21)34(32,33)30-13-11-29(2)12-14-30/h3-10,18,22H,11-16,27H2,1-2H3,(H,28,31). The molecule has 2 aromatic rings. The highest BCUT2D eigenvalue weighted by molar-refractivity contribution is 7.89. The third-order valence-electron chi connectivity index (χ3n) is 6.93. The van der Waals surface area contributed by atoms with E-state index in [1.54, 1.807) is 12.1 Å². The van der Waals surface area contributed by atoms with E-state index in [0.29, 0.717) is 30.8 Å². The molecule has 2 aliphatic rings. The SMILES string of the molecule is CC1CC1(N)C(=O)NC(C#N)Cc1ccc(-c2ccc(S(=O)(=O)N3CCN(C)CC3)cc2)cc1. The van der Waals surface area contributed by atoms with Gasteiger partial charge in [-0.25, -0.2) is 8.42 Å². The van der Waals surface area contributed by atoms with E-state index >= 15 is 0 Å². The molecular weight excluding hydrogens is 450 g/mol. The molecule has 1 saturated heterocycles. The van der Waals surface area contributed by atoms with Gasteiger partial charge in [-0.1, -0.05) is 43.3 Å². The van der Waals surface area contributed by atoms with Crippen molar-refractivity contribution in [2.24, 2.45) is 11.7 Å². The summed E-state index contributed by atoms with van der Waals surface area (Å²) in [5.74, 6) is -0.135. The number of rotatable bonds is 7. The maximum atomic E-state index is 12.9. The quantitative estimate of drug-likeness (QED) is 0.620. The van der Waals surface area contributed by atoms with Crippen LogP contribution in [0.1, 0.15) is 18.9 Å². The number of carbonyl (C=O) groups excluding carboxylic acids is 1.